The summed E-state index contributed by atoms with van der Waals surface area (Å²) < 4.78 is 29.7. The second kappa shape index (κ2) is 7.55. The molecule has 7 nitrogen and oxygen atoms in total. The summed E-state index contributed by atoms with van der Waals surface area (Å²) in [5.74, 6) is -1.35. The van der Waals surface area contributed by atoms with Gasteiger partial charge in [-0.1, -0.05) is 12.2 Å². The van der Waals surface area contributed by atoms with Gasteiger partial charge >= 0.3 is 0 Å². The fourth-order valence-electron chi connectivity index (χ4n) is 1.45. The summed E-state index contributed by atoms with van der Waals surface area (Å²) in [6, 6.07) is 0. The molecule has 0 saturated carbocycles. The Morgan fingerprint density at radius 3 is 2.10 bits per heavy atom. The predicted octanol–water partition coefficient (Wildman–Crippen LogP) is -0.285. The van der Waals surface area contributed by atoms with Gasteiger partial charge in [0.25, 0.3) is 21.9 Å². The standard InChI is InChI=1S/C13H16N2O5S/c1-14-12(16)10-4-2-3-5-11(7-6-10)13(17)15-8-9-21(18,19)20/h2-7H,8-9H2,1H3,(H,14,16)(H,15,17)(H,18,19,20)/b3-2-,4-2?,5-3?,7-6-,10-4+,10-6?,11-5+,11-7?. The van der Waals surface area contributed by atoms with Crippen LogP contribution in [0.2, 0.25) is 0 Å². The minimum absolute atomic E-state index is 0.204. The first kappa shape index (κ1) is 16.9. The second-order valence-corrected chi connectivity index (χ2v) is 5.66. The third-order valence-electron chi connectivity index (χ3n) is 2.50. The first-order valence-electron chi connectivity index (χ1n) is 6.05. The fourth-order valence-corrected chi connectivity index (χ4v) is 1.81. The van der Waals surface area contributed by atoms with Crippen LogP contribution in [-0.2, 0) is 19.7 Å². The van der Waals surface area contributed by atoms with Gasteiger partial charge in [-0.15, -0.1) is 0 Å². The highest BCUT2D eigenvalue weighted by molar-refractivity contribution is 7.85. The molecule has 0 radical (unpaired) electrons. The molecule has 0 heterocycles. The zero-order valence-corrected chi connectivity index (χ0v) is 12.2. The van der Waals surface area contributed by atoms with Crippen molar-refractivity contribution in [3.63, 3.8) is 0 Å². The van der Waals surface area contributed by atoms with E-state index in [0.29, 0.717) is 5.57 Å². The van der Waals surface area contributed by atoms with E-state index < -0.39 is 21.8 Å². The molecule has 0 bridgehead atoms. The number of rotatable bonds is 5. The molecule has 0 aliphatic heterocycles. The molecule has 0 saturated heterocycles. The molecule has 1 aliphatic rings. The fraction of sp³-hybridized carbons (Fsp3) is 0.231. The zero-order valence-electron chi connectivity index (χ0n) is 11.4. The van der Waals surface area contributed by atoms with Gasteiger partial charge in [0.2, 0.25) is 0 Å². The molecule has 0 fully saturated rings. The van der Waals surface area contributed by atoms with Gasteiger partial charge < -0.3 is 10.6 Å². The second-order valence-electron chi connectivity index (χ2n) is 4.08. The summed E-state index contributed by atoms with van der Waals surface area (Å²) in [5, 5.41) is 4.83. The number of amides is 2. The van der Waals surface area contributed by atoms with Gasteiger partial charge in [-0.3, -0.25) is 14.1 Å². The van der Waals surface area contributed by atoms with Gasteiger partial charge in [-0.05, 0) is 24.3 Å². The van der Waals surface area contributed by atoms with E-state index in [2.05, 4.69) is 10.6 Å². The van der Waals surface area contributed by atoms with Gasteiger partial charge in [0.1, 0.15) is 0 Å². The molecular formula is C13H16N2O5S. The molecule has 1 aliphatic carbocycles. The van der Waals surface area contributed by atoms with Crippen molar-refractivity contribution < 1.29 is 22.6 Å². The monoisotopic (exact) mass is 312 g/mol. The Hall–Kier alpha value is -2.19. The zero-order chi connectivity index (χ0) is 15.9. The van der Waals surface area contributed by atoms with Gasteiger partial charge in [-0.2, -0.15) is 8.42 Å². The maximum Gasteiger partial charge on any atom is 0.266 e. The normalized spacial score (nSPS) is 22.6. The molecule has 0 atom stereocenters. The first-order valence-corrected chi connectivity index (χ1v) is 7.66. The molecule has 0 spiro atoms. The van der Waals surface area contributed by atoms with E-state index in [1.165, 1.54) is 25.3 Å². The highest BCUT2D eigenvalue weighted by atomic mass is 32.2. The largest absolute Gasteiger partial charge is 0.355 e. The Balaban J connectivity index is 2.71. The summed E-state index contributed by atoms with van der Waals surface area (Å²) >= 11 is 0. The van der Waals surface area contributed by atoms with Crippen LogP contribution in [0.4, 0.5) is 0 Å². The minimum Gasteiger partial charge on any atom is -0.355 e. The van der Waals surface area contributed by atoms with Gasteiger partial charge in [0, 0.05) is 24.7 Å². The lowest BCUT2D eigenvalue weighted by molar-refractivity contribution is -0.117. The number of allylic oxidation sites excluding steroid dienone is 4. The number of hydrogen-bond acceptors (Lipinski definition) is 4. The summed E-state index contributed by atoms with van der Waals surface area (Å²) in [6.45, 7) is -0.204. The Kier molecular flexibility index (Phi) is 6.07. The molecule has 2 amide bonds. The van der Waals surface area contributed by atoms with Crippen LogP contribution in [0, 0.1) is 0 Å². The van der Waals surface area contributed by atoms with Crippen molar-refractivity contribution in [2.45, 2.75) is 0 Å². The van der Waals surface area contributed by atoms with E-state index in [-0.39, 0.29) is 18.0 Å². The van der Waals surface area contributed by atoms with E-state index in [9.17, 15) is 18.0 Å². The molecular weight excluding hydrogens is 296 g/mol. The minimum atomic E-state index is -4.12. The predicted molar refractivity (Wildman–Crippen MR) is 77.9 cm³/mol. The number of carbonyl (C=O) groups excluding carboxylic acids is 2. The number of carbonyl (C=O) groups is 2. The van der Waals surface area contributed by atoms with Gasteiger partial charge in [0.15, 0.2) is 0 Å². The Bertz CT molecular complexity index is 641. The third kappa shape index (κ3) is 6.19. The molecule has 3 N–H and O–H groups in total. The summed E-state index contributed by atoms with van der Waals surface area (Å²) in [7, 11) is -2.62. The van der Waals surface area contributed by atoms with Gasteiger partial charge in [-0.25, -0.2) is 0 Å². The van der Waals surface area contributed by atoms with E-state index in [0.717, 1.165) is 0 Å². The summed E-state index contributed by atoms with van der Waals surface area (Å²) in [5.41, 5.74) is 0.640. The van der Waals surface area contributed by atoms with Crippen molar-refractivity contribution in [2.75, 3.05) is 19.3 Å². The van der Waals surface area contributed by atoms with Crippen molar-refractivity contribution in [1.82, 2.24) is 10.6 Å². The van der Waals surface area contributed by atoms with Crippen molar-refractivity contribution in [1.29, 1.82) is 0 Å². The van der Waals surface area contributed by atoms with E-state index in [4.69, 9.17) is 4.55 Å². The quantitative estimate of drug-likeness (QED) is 0.604. The summed E-state index contributed by atoms with van der Waals surface area (Å²) in [4.78, 5) is 23.3. The molecule has 1 rings (SSSR count). The van der Waals surface area contributed by atoms with Crippen molar-refractivity contribution in [3.8, 4) is 0 Å². The molecule has 0 aromatic rings. The van der Waals surface area contributed by atoms with Crippen molar-refractivity contribution in [3.05, 3.63) is 47.6 Å². The molecule has 0 aromatic carbocycles. The van der Waals surface area contributed by atoms with Crippen LogP contribution in [0.15, 0.2) is 47.6 Å². The molecule has 0 aromatic heterocycles. The van der Waals surface area contributed by atoms with Crippen LogP contribution in [0.25, 0.3) is 0 Å². The Morgan fingerprint density at radius 2 is 1.62 bits per heavy atom. The van der Waals surface area contributed by atoms with Crippen LogP contribution >= 0.6 is 0 Å². The van der Waals surface area contributed by atoms with E-state index >= 15 is 0 Å². The van der Waals surface area contributed by atoms with E-state index in [1.807, 2.05) is 0 Å². The number of hydrogen-bond donors (Lipinski definition) is 3. The molecule has 21 heavy (non-hydrogen) atoms. The first-order chi connectivity index (χ1) is 9.83. The lowest BCUT2D eigenvalue weighted by atomic mass is 10.1. The average molecular weight is 312 g/mol. The Labute approximate surface area is 122 Å². The van der Waals surface area contributed by atoms with Gasteiger partial charge in [0.05, 0.1) is 5.75 Å². The molecule has 8 heteroatoms. The summed E-state index contributed by atoms with van der Waals surface area (Å²) in [6.07, 6.45) is 9.25. The highest BCUT2D eigenvalue weighted by Gasteiger charge is 2.10. The average Bonchev–Trinajstić information content (AvgIpc) is 2.36. The third-order valence-corrected chi connectivity index (χ3v) is 3.22. The topological polar surface area (TPSA) is 113 Å². The maximum atomic E-state index is 11.8. The molecule has 114 valence electrons. The lowest BCUT2D eigenvalue weighted by Gasteiger charge is -2.06. The van der Waals surface area contributed by atoms with Crippen molar-refractivity contribution in [2.24, 2.45) is 0 Å². The van der Waals surface area contributed by atoms with Crippen molar-refractivity contribution >= 4 is 21.9 Å². The van der Waals surface area contributed by atoms with Crippen LogP contribution in [-0.4, -0.2) is 44.1 Å². The number of likely N-dealkylation sites (N-methyl/N-ethyl adjacent to an activating group) is 1. The Morgan fingerprint density at radius 1 is 1.10 bits per heavy atom. The van der Waals surface area contributed by atoms with Crippen LogP contribution in [0.1, 0.15) is 0 Å². The van der Waals surface area contributed by atoms with E-state index in [1.54, 1.807) is 18.2 Å². The molecule has 0 unspecified atom stereocenters. The highest BCUT2D eigenvalue weighted by Crippen LogP contribution is 2.07. The SMILES string of the molecule is CNC(=O)C1=C/C=C\C=C(C(=O)NCCS(=O)(=O)O)/C=C\1. The smallest absolute Gasteiger partial charge is 0.266 e. The maximum absolute atomic E-state index is 11.8. The lowest BCUT2D eigenvalue weighted by Crippen LogP contribution is -2.29. The van der Waals surface area contributed by atoms with Crippen LogP contribution in [0.5, 0.6) is 0 Å². The number of nitrogens with one attached hydrogen (secondary N) is 2. The van der Waals surface area contributed by atoms with Crippen LogP contribution in [0.3, 0.4) is 0 Å². The van der Waals surface area contributed by atoms with Crippen LogP contribution < -0.4 is 10.6 Å².